The largest absolute Gasteiger partial charge is 0.284 e. The van der Waals surface area contributed by atoms with Crippen LogP contribution in [-0.4, -0.2) is 6.41 Å². The van der Waals surface area contributed by atoms with Crippen LogP contribution in [0.15, 0.2) is 84.9 Å². The lowest BCUT2D eigenvalue weighted by Gasteiger charge is -2.17. The van der Waals surface area contributed by atoms with E-state index in [2.05, 4.69) is 24.3 Å². The summed E-state index contributed by atoms with van der Waals surface area (Å²) in [5.74, 6) is 0. The Morgan fingerprint density at radius 2 is 1.14 bits per heavy atom. The second-order valence-corrected chi connectivity index (χ2v) is 5.14. The molecule has 0 unspecified atom stereocenters. The summed E-state index contributed by atoms with van der Waals surface area (Å²) >= 11 is 0. The highest BCUT2D eigenvalue weighted by Gasteiger charge is 2.07. The Morgan fingerprint density at radius 3 is 1.73 bits per heavy atom. The molecular weight excluding hydrogens is 270 g/mol. The Balaban J connectivity index is 1.80. The summed E-state index contributed by atoms with van der Waals surface area (Å²) in [7, 11) is 0. The average molecular weight is 287 g/mol. The molecule has 3 aromatic rings. The van der Waals surface area contributed by atoms with Crippen molar-refractivity contribution in [2.45, 2.75) is 6.42 Å². The molecule has 0 radical (unpaired) electrons. The Labute approximate surface area is 130 Å². The van der Waals surface area contributed by atoms with E-state index in [0.717, 1.165) is 24.2 Å². The van der Waals surface area contributed by atoms with Gasteiger partial charge in [-0.15, -0.1) is 0 Å². The fourth-order valence-electron chi connectivity index (χ4n) is 2.47. The maximum Gasteiger partial charge on any atom is 0.218 e. The Kier molecular flexibility index (Phi) is 4.30. The van der Waals surface area contributed by atoms with Crippen LogP contribution in [0.3, 0.4) is 0 Å². The average Bonchev–Trinajstić information content (AvgIpc) is 2.59. The van der Waals surface area contributed by atoms with Crippen molar-refractivity contribution < 1.29 is 4.79 Å². The van der Waals surface area contributed by atoms with Gasteiger partial charge < -0.3 is 0 Å². The highest BCUT2D eigenvalue weighted by molar-refractivity contribution is 5.86. The molecule has 0 bridgehead atoms. The first-order valence-electron chi connectivity index (χ1n) is 7.29. The first-order chi connectivity index (χ1) is 10.9. The maximum absolute atomic E-state index is 11.4. The van der Waals surface area contributed by atoms with Gasteiger partial charge in [-0.1, -0.05) is 60.7 Å². The number of benzene rings is 3. The summed E-state index contributed by atoms with van der Waals surface area (Å²) in [5.41, 5.74) is 4.26. The summed E-state index contributed by atoms with van der Waals surface area (Å²) in [6.45, 7) is 0. The lowest BCUT2D eigenvalue weighted by Crippen LogP contribution is -2.13. The number of hydrogen-bond acceptors (Lipinski definition) is 1. The molecule has 2 nitrogen and oxygen atoms in total. The van der Waals surface area contributed by atoms with E-state index in [1.54, 1.807) is 4.90 Å². The molecule has 0 aliphatic rings. The number of amides is 1. The predicted octanol–water partition coefficient (Wildman–Crippen LogP) is 4.57. The van der Waals surface area contributed by atoms with E-state index in [4.69, 9.17) is 0 Å². The van der Waals surface area contributed by atoms with Gasteiger partial charge in [0.1, 0.15) is 0 Å². The summed E-state index contributed by atoms with van der Waals surface area (Å²) in [5, 5.41) is 0. The molecule has 0 saturated carbocycles. The second-order valence-electron chi connectivity index (χ2n) is 5.14. The molecule has 0 N–H and O–H groups in total. The zero-order valence-electron chi connectivity index (χ0n) is 12.2. The van der Waals surface area contributed by atoms with Crippen LogP contribution < -0.4 is 4.90 Å². The Bertz CT molecular complexity index is 721. The second kappa shape index (κ2) is 6.72. The summed E-state index contributed by atoms with van der Waals surface area (Å²) in [6.07, 6.45) is 1.75. The quantitative estimate of drug-likeness (QED) is 0.629. The summed E-state index contributed by atoms with van der Waals surface area (Å²) in [6, 6.07) is 28.1. The van der Waals surface area contributed by atoms with Crippen molar-refractivity contribution in [3.63, 3.8) is 0 Å². The minimum Gasteiger partial charge on any atom is -0.284 e. The molecule has 0 saturated heterocycles. The number of carbonyl (C=O) groups excluding carboxylic acids is 1. The highest BCUT2D eigenvalue weighted by atomic mass is 16.1. The van der Waals surface area contributed by atoms with Crippen LogP contribution in [0.2, 0.25) is 0 Å². The van der Waals surface area contributed by atoms with Crippen LogP contribution >= 0.6 is 0 Å². The fraction of sp³-hybridized carbons (Fsp3) is 0.0500. The molecule has 0 aromatic heterocycles. The third-order valence-electron chi connectivity index (χ3n) is 3.61. The smallest absolute Gasteiger partial charge is 0.218 e. The monoisotopic (exact) mass is 287 g/mol. The van der Waals surface area contributed by atoms with Crippen LogP contribution in [-0.2, 0) is 11.2 Å². The molecule has 1 amide bonds. The van der Waals surface area contributed by atoms with E-state index in [1.165, 1.54) is 11.1 Å². The number of anilines is 2. The van der Waals surface area contributed by atoms with Gasteiger partial charge in [0.2, 0.25) is 6.41 Å². The third-order valence-corrected chi connectivity index (χ3v) is 3.61. The van der Waals surface area contributed by atoms with Gasteiger partial charge in [-0.3, -0.25) is 9.69 Å². The normalized spacial score (nSPS) is 10.2. The lowest BCUT2D eigenvalue weighted by atomic mass is 10.0. The van der Waals surface area contributed by atoms with E-state index in [-0.39, 0.29) is 0 Å². The molecular formula is C20H17NO. The van der Waals surface area contributed by atoms with E-state index in [0.29, 0.717) is 0 Å². The van der Waals surface area contributed by atoms with E-state index in [9.17, 15) is 4.79 Å². The van der Waals surface area contributed by atoms with Crippen LogP contribution in [0.1, 0.15) is 11.1 Å². The Hall–Kier alpha value is -2.87. The van der Waals surface area contributed by atoms with Crippen LogP contribution in [0.4, 0.5) is 11.4 Å². The topological polar surface area (TPSA) is 20.3 Å². The van der Waals surface area contributed by atoms with Gasteiger partial charge in [0.15, 0.2) is 0 Å². The fourth-order valence-corrected chi connectivity index (χ4v) is 2.47. The zero-order valence-corrected chi connectivity index (χ0v) is 12.2. The molecule has 0 heterocycles. The number of carbonyl (C=O) groups is 1. The van der Waals surface area contributed by atoms with Crippen LogP contribution in [0.25, 0.3) is 0 Å². The molecule has 22 heavy (non-hydrogen) atoms. The molecule has 0 atom stereocenters. The number of rotatable bonds is 5. The maximum atomic E-state index is 11.4. The third kappa shape index (κ3) is 3.23. The highest BCUT2D eigenvalue weighted by Crippen LogP contribution is 2.24. The standard InChI is InChI=1S/C20H17NO/c22-16-21(19-9-5-2-6-10-19)20-13-11-18(12-14-20)15-17-7-3-1-4-8-17/h1-14,16H,15H2. The molecule has 2 heteroatoms. The molecule has 0 spiro atoms. The van der Waals surface area contributed by atoms with Gasteiger partial charge in [0, 0.05) is 11.4 Å². The van der Waals surface area contributed by atoms with Crippen molar-refractivity contribution in [3.05, 3.63) is 96.1 Å². The van der Waals surface area contributed by atoms with E-state index in [1.807, 2.05) is 60.7 Å². The van der Waals surface area contributed by atoms with Gasteiger partial charge in [-0.05, 0) is 41.8 Å². The van der Waals surface area contributed by atoms with Crippen LogP contribution in [0, 0.1) is 0 Å². The first kappa shape index (κ1) is 14.1. The van der Waals surface area contributed by atoms with Gasteiger partial charge in [-0.2, -0.15) is 0 Å². The minimum atomic E-state index is 0.849. The van der Waals surface area contributed by atoms with E-state index >= 15 is 0 Å². The SMILES string of the molecule is O=CN(c1ccccc1)c1ccc(Cc2ccccc2)cc1. The van der Waals surface area contributed by atoms with Crippen molar-refractivity contribution in [3.8, 4) is 0 Å². The number of para-hydroxylation sites is 1. The number of hydrogen-bond donors (Lipinski definition) is 0. The number of nitrogens with zero attached hydrogens (tertiary/aromatic N) is 1. The molecule has 0 aliphatic heterocycles. The van der Waals surface area contributed by atoms with E-state index < -0.39 is 0 Å². The predicted molar refractivity (Wildman–Crippen MR) is 90.3 cm³/mol. The van der Waals surface area contributed by atoms with Crippen molar-refractivity contribution in [1.29, 1.82) is 0 Å². The first-order valence-corrected chi connectivity index (χ1v) is 7.29. The molecule has 3 rings (SSSR count). The molecule has 3 aromatic carbocycles. The summed E-state index contributed by atoms with van der Waals surface area (Å²) in [4.78, 5) is 13.1. The van der Waals surface area contributed by atoms with Crippen molar-refractivity contribution >= 4 is 17.8 Å². The minimum absolute atomic E-state index is 0.849. The van der Waals surface area contributed by atoms with Gasteiger partial charge >= 0.3 is 0 Å². The lowest BCUT2D eigenvalue weighted by molar-refractivity contribution is -0.106. The van der Waals surface area contributed by atoms with Gasteiger partial charge in [-0.25, -0.2) is 0 Å². The summed E-state index contributed by atoms with van der Waals surface area (Å²) < 4.78 is 0. The zero-order chi connectivity index (χ0) is 15.2. The van der Waals surface area contributed by atoms with Crippen molar-refractivity contribution in [1.82, 2.24) is 0 Å². The van der Waals surface area contributed by atoms with Crippen molar-refractivity contribution in [2.75, 3.05) is 4.90 Å². The van der Waals surface area contributed by atoms with Gasteiger partial charge in [0.25, 0.3) is 0 Å². The molecule has 0 aliphatic carbocycles. The van der Waals surface area contributed by atoms with Crippen molar-refractivity contribution in [2.24, 2.45) is 0 Å². The molecule has 108 valence electrons. The van der Waals surface area contributed by atoms with Gasteiger partial charge in [0.05, 0.1) is 0 Å². The van der Waals surface area contributed by atoms with Crippen LogP contribution in [0.5, 0.6) is 0 Å². The Morgan fingerprint density at radius 1 is 0.636 bits per heavy atom. The molecule has 0 fully saturated rings.